The first kappa shape index (κ1) is 10.7. The molecule has 0 amide bonds. The van der Waals surface area contributed by atoms with Crippen molar-refractivity contribution >= 4 is 26.8 Å². The van der Waals surface area contributed by atoms with Gasteiger partial charge in [-0.25, -0.2) is 0 Å². The molecule has 0 atom stereocenters. The number of para-hydroxylation sites is 1. The highest BCUT2D eigenvalue weighted by Gasteiger charge is 2.21. The minimum Gasteiger partial charge on any atom is -0.358 e. The predicted molar refractivity (Wildman–Crippen MR) is 69.6 cm³/mol. The Kier molecular flexibility index (Phi) is 2.63. The number of hydrogen-bond donors (Lipinski definition) is 1. The van der Waals surface area contributed by atoms with Crippen molar-refractivity contribution in [1.82, 2.24) is 4.98 Å². The first-order chi connectivity index (χ1) is 7.04. The second kappa shape index (κ2) is 3.67. The van der Waals surface area contributed by atoms with Crippen LogP contribution in [0.1, 0.15) is 32.0 Å². The molecule has 0 fully saturated rings. The number of H-pyrrole nitrogens is 1. The molecule has 80 valence electrons. The zero-order valence-corrected chi connectivity index (χ0v) is 11.0. The maximum atomic E-state index is 3.58. The molecule has 2 heteroatoms. The summed E-state index contributed by atoms with van der Waals surface area (Å²) in [6.45, 7) is 6.72. The van der Waals surface area contributed by atoms with E-state index in [1.54, 1.807) is 0 Å². The summed E-state index contributed by atoms with van der Waals surface area (Å²) in [6, 6.07) is 8.48. The van der Waals surface area contributed by atoms with E-state index in [0.717, 1.165) is 5.33 Å². The fourth-order valence-corrected chi connectivity index (χ4v) is 2.56. The lowest BCUT2D eigenvalue weighted by Gasteiger charge is -2.18. The van der Waals surface area contributed by atoms with Crippen molar-refractivity contribution in [2.45, 2.75) is 31.5 Å². The largest absolute Gasteiger partial charge is 0.358 e. The Bertz CT molecular complexity index is 477. The first-order valence-corrected chi connectivity index (χ1v) is 6.32. The van der Waals surface area contributed by atoms with Gasteiger partial charge in [0.1, 0.15) is 0 Å². The minimum atomic E-state index is 0.169. The van der Waals surface area contributed by atoms with Crippen LogP contribution in [-0.4, -0.2) is 4.98 Å². The molecule has 0 bridgehead atoms. The lowest BCUT2D eigenvalue weighted by atomic mass is 9.89. The Morgan fingerprint density at radius 1 is 1.20 bits per heavy atom. The zero-order chi connectivity index (χ0) is 11.1. The van der Waals surface area contributed by atoms with Crippen LogP contribution in [0, 0.1) is 0 Å². The topological polar surface area (TPSA) is 15.8 Å². The number of rotatable bonds is 1. The number of aromatic amines is 1. The Morgan fingerprint density at radius 3 is 2.47 bits per heavy atom. The molecule has 0 aliphatic heterocycles. The number of fused-ring (bicyclic) bond motifs is 1. The van der Waals surface area contributed by atoms with Crippen LogP contribution in [0.3, 0.4) is 0 Å². The van der Waals surface area contributed by atoms with Gasteiger partial charge in [-0.05, 0) is 11.6 Å². The normalized spacial score (nSPS) is 12.3. The van der Waals surface area contributed by atoms with Gasteiger partial charge in [-0.2, -0.15) is 0 Å². The Hall–Kier alpha value is -0.760. The van der Waals surface area contributed by atoms with E-state index in [4.69, 9.17) is 0 Å². The van der Waals surface area contributed by atoms with Crippen LogP contribution in [0.5, 0.6) is 0 Å². The smallest absolute Gasteiger partial charge is 0.0459 e. The molecule has 0 aliphatic rings. The monoisotopic (exact) mass is 265 g/mol. The lowest BCUT2D eigenvalue weighted by molar-refractivity contribution is 0.570. The molecule has 1 N–H and O–H groups in total. The predicted octanol–water partition coefficient (Wildman–Crippen LogP) is 4.36. The van der Waals surface area contributed by atoms with Gasteiger partial charge in [-0.15, -0.1) is 0 Å². The average Bonchev–Trinajstić information content (AvgIpc) is 2.55. The van der Waals surface area contributed by atoms with Gasteiger partial charge < -0.3 is 4.98 Å². The summed E-state index contributed by atoms with van der Waals surface area (Å²) in [4.78, 5) is 3.53. The SMILES string of the molecule is CC(C)(C)c1[nH]c2ccccc2c1CBr. The summed E-state index contributed by atoms with van der Waals surface area (Å²) in [5, 5.41) is 2.24. The van der Waals surface area contributed by atoms with Crippen molar-refractivity contribution in [3.63, 3.8) is 0 Å². The van der Waals surface area contributed by atoms with Crippen LogP contribution >= 0.6 is 15.9 Å². The summed E-state index contributed by atoms with van der Waals surface area (Å²) < 4.78 is 0. The zero-order valence-electron chi connectivity index (χ0n) is 9.39. The number of hydrogen-bond acceptors (Lipinski definition) is 0. The van der Waals surface area contributed by atoms with Gasteiger partial charge in [0, 0.05) is 27.3 Å². The van der Waals surface area contributed by atoms with Crippen molar-refractivity contribution in [3.05, 3.63) is 35.5 Å². The fourth-order valence-electron chi connectivity index (χ4n) is 1.98. The second-order valence-electron chi connectivity index (χ2n) is 4.91. The van der Waals surface area contributed by atoms with Gasteiger partial charge in [0.2, 0.25) is 0 Å². The molecule has 1 aromatic carbocycles. The van der Waals surface area contributed by atoms with E-state index in [-0.39, 0.29) is 5.41 Å². The highest BCUT2D eigenvalue weighted by Crippen LogP contribution is 2.32. The molecule has 2 rings (SSSR count). The molecule has 0 saturated heterocycles. The Labute approximate surface area is 99.0 Å². The fraction of sp³-hybridized carbons (Fsp3) is 0.385. The second-order valence-corrected chi connectivity index (χ2v) is 5.47. The molecule has 1 aromatic heterocycles. The molecule has 0 radical (unpaired) electrons. The third kappa shape index (κ3) is 1.83. The van der Waals surface area contributed by atoms with E-state index >= 15 is 0 Å². The van der Waals surface area contributed by atoms with E-state index in [1.165, 1.54) is 22.2 Å². The molecule has 1 heterocycles. The van der Waals surface area contributed by atoms with Crippen LogP contribution in [0.25, 0.3) is 10.9 Å². The third-order valence-corrected chi connectivity index (χ3v) is 3.26. The molecule has 1 nitrogen and oxygen atoms in total. The van der Waals surface area contributed by atoms with Crippen LogP contribution in [0.4, 0.5) is 0 Å². The highest BCUT2D eigenvalue weighted by molar-refractivity contribution is 9.08. The summed E-state index contributed by atoms with van der Waals surface area (Å²) in [6.07, 6.45) is 0. The molecule has 0 spiro atoms. The molecule has 15 heavy (non-hydrogen) atoms. The van der Waals surface area contributed by atoms with Crippen molar-refractivity contribution in [2.24, 2.45) is 0 Å². The van der Waals surface area contributed by atoms with Crippen LogP contribution < -0.4 is 0 Å². The number of nitrogens with one attached hydrogen (secondary N) is 1. The Morgan fingerprint density at radius 2 is 1.87 bits per heavy atom. The van der Waals surface area contributed by atoms with Gasteiger partial charge >= 0.3 is 0 Å². The highest BCUT2D eigenvalue weighted by atomic mass is 79.9. The molecule has 0 unspecified atom stereocenters. The van der Waals surface area contributed by atoms with Crippen LogP contribution in [-0.2, 0) is 10.7 Å². The standard InChI is InChI=1S/C13H16BrN/c1-13(2,3)12-10(8-14)9-6-4-5-7-11(9)15-12/h4-7,15H,8H2,1-3H3. The Balaban J connectivity index is 2.75. The van der Waals surface area contributed by atoms with E-state index in [2.05, 4.69) is 66.0 Å². The maximum Gasteiger partial charge on any atom is 0.0459 e. The van der Waals surface area contributed by atoms with Gasteiger partial charge in [-0.1, -0.05) is 54.9 Å². The van der Waals surface area contributed by atoms with Gasteiger partial charge in [-0.3, -0.25) is 0 Å². The molecular formula is C13H16BrN. The van der Waals surface area contributed by atoms with Gasteiger partial charge in [0.05, 0.1) is 0 Å². The van der Waals surface area contributed by atoms with Crippen molar-refractivity contribution in [1.29, 1.82) is 0 Å². The van der Waals surface area contributed by atoms with Crippen molar-refractivity contribution < 1.29 is 0 Å². The number of halogens is 1. The van der Waals surface area contributed by atoms with Gasteiger partial charge in [0.25, 0.3) is 0 Å². The first-order valence-electron chi connectivity index (χ1n) is 5.20. The van der Waals surface area contributed by atoms with E-state index in [0.29, 0.717) is 0 Å². The van der Waals surface area contributed by atoms with E-state index in [9.17, 15) is 0 Å². The molecular weight excluding hydrogens is 250 g/mol. The number of benzene rings is 1. The average molecular weight is 266 g/mol. The lowest BCUT2D eigenvalue weighted by Crippen LogP contribution is -2.13. The van der Waals surface area contributed by atoms with E-state index in [1.807, 2.05) is 0 Å². The summed E-state index contributed by atoms with van der Waals surface area (Å²) in [5.74, 6) is 0. The van der Waals surface area contributed by atoms with E-state index < -0.39 is 0 Å². The summed E-state index contributed by atoms with van der Waals surface area (Å²) in [5.41, 5.74) is 4.12. The number of aromatic nitrogens is 1. The quantitative estimate of drug-likeness (QED) is 0.738. The molecule has 0 aliphatic carbocycles. The third-order valence-electron chi connectivity index (χ3n) is 2.70. The van der Waals surface area contributed by atoms with Crippen LogP contribution in [0.2, 0.25) is 0 Å². The summed E-state index contributed by atoms with van der Waals surface area (Å²) >= 11 is 3.58. The van der Waals surface area contributed by atoms with Gasteiger partial charge in [0.15, 0.2) is 0 Å². The minimum absolute atomic E-state index is 0.169. The number of alkyl halides is 1. The molecule has 2 aromatic rings. The van der Waals surface area contributed by atoms with Crippen molar-refractivity contribution in [3.8, 4) is 0 Å². The maximum absolute atomic E-state index is 3.58. The summed E-state index contributed by atoms with van der Waals surface area (Å²) in [7, 11) is 0. The molecule has 0 saturated carbocycles. The van der Waals surface area contributed by atoms with Crippen LogP contribution in [0.15, 0.2) is 24.3 Å². The van der Waals surface area contributed by atoms with Crippen molar-refractivity contribution in [2.75, 3.05) is 0 Å².